The number of benzene rings is 2. The number of anilines is 1. The highest BCUT2D eigenvalue weighted by atomic mass is 19.1. The minimum absolute atomic E-state index is 0.139. The summed E-state index contributed by atoms with van der Waals surface area (Å²) in [5, 5.41) is 0. The number of hydrogen-bond donors (Lipinski definition) is 1. The number of nitrogens with two attached hydrogens (primary N) is 1. The van der Waals surface area contributed by atoms with Gasteiger partial charge in [0.2, 0.25) is 5.91 Å². The number of amides is 1. The van der Waals surface area contributed by atoms with Crippen LogP contribution in [0.5, 0.6) is 5.75 Å². The number of primary amides is 1. The Kier molecular flexibility index (Phi) is 7.44. The van der Waals surface area contributed by atoms with Gasteiger partial charge in [-0.25, -0.2) is 4.39 Å². The summed E-state index contributed by atoms with van der Waals surface area (Å²) in [6, 6.07) is 7.95. The summed E-state index contributed by atoms with van der Waals surface area (Å²) < 4.78 is 21.2. The summed E-state index contributed by atoms with van der Waals surface area (Å²) in [4.78, 5) is 14.7. The molecule has 190 valence electrons. The lowest BCUT2D eigenvalue weighted by Gasteiger charge is -2.32. The van der Waals surface area contributed by atoms with Crippen LogP contribution in [-0.2, 0) is 17.8 Å². The summed E-state index contributed by atoms with van der Waals surface area (Å²) in [6.07, 6.45) is 7.67. The molecule has 4 nitrogen and oxygen atoms in total. The molecule has 1 aliphatic carbocycles. The van der Waals surface area contributed by atoms with Crippen molar-refractivity contribution in [2.45, 2.75) is 98.1 Å². The molecule has 4 rings (SSSR count). The fourth-order valence-corrected chi connectivity index (χ4v) is 6.03. The van der Waals surface area contributed by atoms with E-state index in [0.717, 1.165) is 60.2 Å². The zero-order valence-electron chi connectivity index (χ0n) is 22.0. The van der Waals surface area contributed by atoms with Gasteiger partial charge in [-0.1, -0.05) is 27.2 Å². The molecule has 2 N–H and O–H groups in total. The number of hydrogen-bond acceptors (Lipinski definition) is 3. The number of halogens is 1. The van der Waals surface area contributed by atoms with E-state index in [0.29, 0.717) is 12.3 Å². The van der Waals surface area contributed by atoms with E-state index < -0.39 is 0 Å². The SMILES string of the molecule is Cc1cc(N2CCCc3cc(OC4CCCCC4)c(F)cc3C2)cc(C)c1C(C(N)=O)C(C)(C)C. The first-order valence-corrected chi connectivity index (χ1v) is 13.2. The normalized spacial score (nSPS) is 18.1. The average Bonchev–Trinajstić information content (AvgIpc) is 2.98. The van der Waals surface area contributed by atoms with E-state index in [-0.39, 0.29) is 29.2 Å². The second kappa shape index (κ2) is 10.2. The summed E-state index contributed by atoms with van der Waals surface area (Å²) in [6.45, 7) is 11.9. The molecule has 0 radical (unpaired) electrons. The molecule has 1 aliphatic heterocycles. The smallest absolute Gasteiger partial charge is 0.225 e. The van der Waals surface area contributed by atoms with Crippen molar-refractivity contribution in [1.29, 1.82) is 0 Å². The maximum atomic E-state index is 15.1. The van der Waals surface area contributed by atoms with Crippen LogP contribution < -0.4 is 15.4 Å². The Bertz CT molecular complexity index is 1060. The van der Waals surface area contributed by atoms with E-state index in [1.807, 2.05) is 6.07 Å². The first kappa shape index (κ1) is 25.5. The Hall–Kier alpha value is -2.56. The number of carbonyl (C=O) groups excluding carboxylic acids is 1. The summed E-state index contributed by atoms with van der Waals surface area (Å²) >= 11 is 0. The lowest BCUT2D eigenvalue weighted by atomic mass is 9.73. The molecule has 0 spiro atoms. The zero-order valence-corrected chi connectivity index (χ0v) is 22.0. The van der Waals surface area contributed by atoms with E-state index in [4.69, 9.17) is 10.5 Å². The average molecular weight is 481 g/mol. The maximum Gasteiger partial charge on any atom is 0.225 e. The number of rotatable bonds is 5. The third kappa shape index (κ3) is 5.65. The molecular weight excluding hydrogens is 439 g/mol. The molecule has 1 heterocycles. The maximum absolute atomic E-state index is 15.1. The first-order valence-electron chi connectivity index (χ1n) is 13.2. The van der Waals surface area contributed by atoms with Gasteiger partial charge in [-0.05, 0) is 110 Å². The van der Waals surface area contributed by atoms with Crippen LogP contribution in [0.15, 0.2) is 24.3 Å². The Morgan fingerprint density at radius 2 is 1.69 bits per heavy atom. The third-order valence-electron chi connectivity index (χ3n) is 7.72. The Morgan fingerprint density at radius 3 is 2.29 bits per heavy atom. The van der Waals surface area contributed by atoms with Gasteiger partial charge in [0.1, 0.15) is 0 Å². The van der Waals surface area contributed by atoms with Crippen LogP contribution >= 0.6 is 0 Å². The topological polar surface area (TPSA) is 55.6 Å². The Morgan fingerprint density at radius 1 is 1.03 bits per heavy atom. The summed E-state index contributed by atoms with van der Waals surface area (Å²) in [5.74, 6) is -0.479. The van der Waals surface area contributed by atoms with Gasteiger partial charge in [0.25, 0.3) is 0 Å². The lowest BCUT2D eigenvalue weighted by molar-refractivity contribution is -0.121. The predicted octanol–water partition coefficient (Wildman–Crippen LogP) is 6.72. The molecule has 5 heteroatoms. The van der Waals surface area contributed by atoms with Gasteiger partial charge >= 0.3 is 0 Å². The van der Waals surface area contributed by atoms with Crippen molar-refractivity contribution in [3.63, 3.8) is 0 Å². The molecule has 0 aromatic heterocycles. The minimum atomic E-state index is -0.349. The standard InChI is InChI=1S/C30H41FN2O2/c1-19-14-23(15-20(2)27(19)28(29(32)34)30(3,4)5)33-13-9-10-21-17-26(25(31)16-22(21)18-33)35-24-11-7-6-8-12-24/h14-17,24,28H,6-13,18H2,1-5H3,(H2,32,34). The zero-order chi connectivity index (χ0) is 25.3. The van der Waals surface area contributed by atoms with Crippen LogP contribution in [0.2, 0.25) is 0 Å². The second-order valence-corrected chi connectivity index (χ2v) is 11.6. The molecule has 1 unspecified atom stereocenters. The van der Waals surface area contributed by atoms with Crippen molar-refractivity contribution in [2.24, 2.45) is 11.1 Å². The van der Waals surface area contributed by atoms with E-state index >= 15 is 4.39 Å². The number of aryl methyl sites for hydroxylation is 3. The van der Waals surface area contributed by atoms with E-state index in [1.165, 1.54) is 24.8 Å². The molecule has 1 amide bonds. The fourth-order valence-electron chi connectivity index (χ4n) is 6.03. The number of fused-ring (bicyclic) bond motifs is 1. The molecule has 1 saturated carbocycles. The van der Waals surface area contributed by atoms with E-state index in [1.54, 1.807) is 6.07 Å². The van der Waals surface area contributed by atoms with Crippen LogP contribution in [0.3, 0.4) is 0 Å². The van der Waals surface area contributed by atoms with Gasteiger partial charge in [-0.15, -0.1) is 0 Å². The summed E-state index contributed by atoms with van der Waals surface area (Å²) in [5.41, 5.74) is 12.1. The number of nitrogens with zero attached hydrogens (tertiary/aromatic N) is 1. The van der Waals surface area contributed by atoms with Crippen LogP contribution in [-0.4, -0.2) is 18.6 Å². The van der Waals surface area contributed by atoms with Crippen molar-refractivity contribution in [1.82, 2.24) is 0 Å². The molecule has 0 bridgehead atoms. The van der Waals surface area contributed by atoms with Gasteiger partial charge in [0.05, 0.1) is 12.0 Å². The highest BCUT2D eigenvalue weighted by Crippen LogP contribution is 2.40. The van der Waals surface area contributed by atoms with Gasteiger partial charge < -0.3 is 15.4 Å². The molecule has 1 atom stereocenters. The first-order chi connectivity index (χ1) is 16.5. The molecule has 0 saturated heterocycles. The van der Waals surface area contributed by atoms with Crippen LogP contribution in [0.25, 0.3) is 0 Å². The van der Waals surface area contributed by atoms with E-state index in [9.17, 15) is 4.79 Å². The van der Waals surface area contributed by atoms with Crippen molar-refractivity contribution >= 4 is 11.6 Å². The molecule has 2 aromatic carbocycles. The van der Waals surface area contributed by atoms with Gasteiger partial charge in [0, 0.05) is 18.8 Å². The largest absolute Gasteiger partial charge is 0.487 e. The van der Waals surface area contributed by atoms with Gasteiger partial charge in [-0.2, -0.15) is 0 Å². The molecule has 1 fully saturated rings. The number of ether oxygens (including phenoxy) is 1. The lowest BCUT2D eigenvalue weighted by Crippen LogP contribution is -2.33. The Labute approximate surface area is 210 Å². The van der Waals surface area contributed by atoms with Crippen molar-refractivity contribution in [3.05, 3.63) is 57.9 Å². The van der Waals surface area contributed by atoms with Crippen LogP contribution in [0.1, 0.15) is 93.0 Å². The minimum Gasteiger partial charge on any atom is -0.487 e. The Balaban J connectivity index is 1.60. The van der Waals surface area contributed by atoms with Crippen molar-refractivity contribution in [3.8, 4) is 5.75 Å². The van der Waals surface area contributed by atoms with Crippen LogP contribution in [0, 0.1) is 25.1 Å². The second-order valence-electron chi connectivity index (χ2n) is 11.6. The van der Waals surface area contributed by atoms with Crippen molar-refractivity contribution < 1.29 is 13.9 Å². The predicted molar refractivity (Wildman–Crippen MR) is 141 cm³/mol. The molecule has 2 aliphatic rings. The molecule has 35 heavy (non-hydrogen) atoms. The third-order valence-corrected chi connectivity index (χ3v) is 7.72. The van der Waals surface area contributed by atoms with Gasteiger partial charge in [-0.3, -0.25) is 4.79 Å². The monoisotopic (exact) mass is 480 g/mol. The van der Waals surface area contributed by atoms with Crippen LogP contribution in [0.4, 0.5) is 10.1 Å². The highest BCUT2D eigenvalue weighted by molar-refractivity contribution is 5.84. The molecular formula is C30H41FN2O2. The quantitative estimate of drug-likeness (QED) is 0.517. The van der Waals surface area contributed by atoms with E-state index in [2.05, 4.69) is 51.7 Å². The molecule has 2 aromatic rings. The van der Waals surface area contributed by atoms with Gasteiger partial charge in [0.15, 0.2) is 11.6 Å². The highest BCUT2D eigenvalue weighted by Gasteiger charge is 2.34. The fraction of sp³-hybridized carbons (Fsp3) is 0.567. The summed E-state index contributed by atoms with van der Waals surface area (Å²) in [7, 11) is 0. The van der Waals surface area contributed by atoms with Crippen molar-refractivity contribution in [2.75, 3.05) is 11.4 Å². The number of carbonyl (C=O) groups is 1.